The van der Waals surface area contributed by atoms with Crippen LogP contribution in [0.3, 0.4) is 0 Å². The van der Waals surface area contributed by atoms with Crippen molar-refractivity contribution in [3.63, 3.8) is 0 Å². The number of hydrogen-bond donors (Lipinski definition) is 1. The first-order chi connectivity index (χ1) is 12.7. The standard InChI is InChI=1S/C21H27NO4S/c1-5-15(2)19-8-6-7-9-20(19)26-14-21(23)22-16(3)17-10-12-18(13-11-17)27(4,24)25/h6-13,15-16H,5,14H2,1-4H3,(H,22,23). The van der Waals surface area contributed by atoms with Gasteiger partial charge in [-0.05, 0) is 48.6 Å². The number of hydrogen-bond acceptors (Lipinski definition) is 4. The maximum Gasteiger partial charge on any atom is 0.258 e. The molecule has 1 amide bonds. The van der Waals surface area contributed by atoms with E-state index in [-0.39, 0.29) is 23.5 Å². The van der Waals surface area contributed by atoms with Crippen molar-refractivity contribution < 1.29 is 17.9 Å². The SMILES string of the molecule is CCC(C)c1ccccc1OCC(=O)NC(C)c1ccc(S(C)(=O)=O)cc1. The second-order valence-corrected chi connectivity index (χ2v) is 8.78. The number of ether oxygens (including phenoxy) is 1. The van der Waals surface area contributed by atoms with Gasteiger partial charge >= 0.3 is 0 Å². The molecule has 0 bridgehead atoms. The summed E-state index contributed by atoms with van der Waals surface area (Å²) in [6.07, 6.45) is 2.16. The summed E-state index contributed by atoms with van der Waals surface area (Å²) in [6.45, 7) is 6.02. The van der Waals surface area contributed by atoms with Gasteiger partial charge in [0.25, 0.3) is 5.91 Å². The Kier molecular flexibility index (Phi) is 7.02. The molecule has 1 N–H and O–H groups in total. The molecule has 2 unspecified atom stereocenters. The Morgan fingerprint density at radius 3 is 2.30 bits per heavy atom. The highest BCUT2D eigenvalue weighted by Crippen LogP contribution is 2.28. The van der Waals surface area contributed by atoms with Crippen LogP contribution in [-0.2, 0) is 14.6 Å². The summed E-state index contributed by atoms with van der Waals surface area (Å²) in [7, 11) is -3.23. The summed E-state index contributed by atoms with van der Waals surface area (Å²) >= 11 is 0. The van der Waals surface area contributed by atoms with Crippen LogP contribution in [0.4, 0.5) is 0 Å². The van der Waals surface area contributed by atoms with Gasteiger partial charge < -0.3 is 10.1 Å². The Morgan fingerprint density at radius 1 is 1.07 bits per heavy atom. The smallest absolute Gasteiger partial charge is 0.258 e. The molecule has 2 rings (SSSR count). The third-order valence-corrected chi connectivity index (χ3v) is 5.74. The number of para-hydroxylation sites is 1. The molecule has 0 radical (unpaired) electrons. The zero-order chi connectivity index (χ0) is 20.0. The summed E-state index contributed by atoms with van der Waals surface area (Å²) in [6, 6.07) is 14.0. The van der Waals surface area contributed by atoms with Gasteiger partial charge in [0.15, 0.2) is 16.4 Å². The molecular formula is C21H27NO4S. The number of nitrogens with one attached hydrogen (secondary N) is 1. The summed E-state index contributed by atoms with van der Waals surface area (Å²) < 4.78 is 28.8. The Balaban J connectivity index is 1.96. The van der Waals surface area contributed by atoms with E-state index in [1.165, 1.54) is 6.26 Å². The highest BCUT2D eigenvalue weighted by Gasteiger charge is 2.14. The van der Waals surface area contributed by atoms with Gasteiger partial charge in [-0.15, -0.1) is 0 Å². The Bertz CT molecular complexity index is 875. The van der Waals surface area contributed by atoms with Crippen molar-refractivity contribution in [2.45, 2.75) is 44.0 Å². The molecule has 5 nitrogen and oxygen atoms in total. The summed E-state index contributed by atoms with van der Waals surface area (Å²) in [4.78, 5) is 12.5. The van der Waals surface area contributed by atoms with Gasteiger partial charge in [-0.25, -0.2) is 8.42 Å². The number of carbonyl (C=O) groups excluding carboxylic acids is 1. The van der Waals surface area contributed by atoms with Crippen molar-refractivity contribution in [1.82, 2.24) is 5.32 Å². The lowest BCUT2D eigenvalue weighted by Gasteiger charge is -2.17. The number of rotatable bonds is 8. The van der Waals surface area contributed by atoms with Crippen LogP contribution in [0, 0.1) is 0 Å². The van der Waals surface area contributed by atoms with Crippen molar-refractivity contribution in [3.05, 3.63) is 59.7 Å². The van der Waals surface area contributed by atoms with Gasteiger partial charge in [0.05, 0.1) is 10.9 Å². The first-order valence-corrected chi connectivity index (χ1v) is 10.9. The number of sulfone groups is 1. The van der Waals surface area contributed by atoms with Crippen LogP contribution in [0.1, 0.15) is 50.3 Å². The minimum atomic E-state index is -3.23. The Hall–Kier alpha value is -2.34. The molecule has 0 saturated carbocycles. The molecule has 0 spiro atoms. The van der Waals surface area contributed by atoms with E-state index >= 15 is 0 Å². The van der Waals surface area contributed by atoms with Crippen molar-refractivity contribution >= 4 is 15.7 Å². The molecule has 2 atom stereocenters. The minimum absolute atomic E-state index is 0.0702. The predicted octanol–water partition coefficient (Wildman–Crippen LogP) is 3.86. The summed E-state index contributed by atoms with van der Waals surface area (Å²) in [5.74, 6) is 0.859. The molecule has 0 aliphatic rings. The van der Waals surface area contributed by atoms with Crippen LogP contribution in [0.2, 0.25) is 0 Å². The van der Waals surface area contributed by atoms with Crippen LogP contribution < -0.4 is 10.1 Å². The normalized spacial score (nSPS) is 13.6. The first kappa shape index (κ1) is 21.0. The molecule has 6 heteroatoms. The lowest BCUT2D eigenvalue weighted by atomic mass is 9.98. The topological polar surface area (TPSA) is 72.5 Å². The molecular weight excluding hydrogens is 362 g/mol. The van der Waals surface area contributed by atoms with Crippen LogP contribution in [0.15, 0.2) is 53.4 Å². The lowest BCUT2D eigenvalue weighted by molar-refractivity contribution is -0.123. The fourth-order valence-electron chi connectivity index (χ4n) is 2.75. The highest BCUT2D eigenvalue weighted by molar-refractivity contribution is 7.90. The van der Waals surface area contributed by atoms with E-state index < -0.39 is 9.84 Å². The maximum absolute atomic E-state index is 12.2. The fraction of sp³-hybridized carbons (Fsp3) is 0.381. The second-order valence-electron chi connectivity index (χ2n) is 6.77. The molecule has 2 aromatic rings. The third-order valence-electron chi connectivity index (χ3n) is 4.61. The van der Waals surface area contributed by atoms with Gasteiger partial charge in [0, 0.05) is 6.26 Å². The average molecular weight is 390 g/mol. The van der Waals surface area contributed by atoms with E-state index in [0.29, 0.717) is 5.92 Å². The van der Waals surface area contributed by atoms with E-state index in [0.717, 1.165) is 23.3 Å². The Morgan fingerprint density at radius 2 is 1.70 bits per heavy atom. The molecule has 0 aliphatic heterocycles. The average Bonchev–Trinajstić information content (AvgIpc) is 2.65. The molecule has 27 heavy (non-hydrogen) atoms. The van der Waals surface area contributed by atoms with E-state index in [2.05, 4.69) is 19.2 Å². The molecule has 0 saturated heterocycles. The molecule has 0 fully saturated rings. The Labute approximate surface area is 161 Å². The van der Waals surface area contributed by atoms with E-state index in [1.807, 2.05) is 31.2 Å². The van der Waals surface area contributed by atoms with Gasteiger partial charge in [-0.1, -0.05) is 44.2 Å². The maximum atomic E-state index is 12.2. The molecule has 0 heterocycles. The first-order valence-electron chi connectivity index (χ1n) is 9.03. The van der Waals surface area contributed by atoms with E-state index in [1.54, 1.807) is 24.3 Å². The zero-order valence-corrected chi connectivity index (χ0v) is 17.0. The highest BCUT2D eigenvalue weighted by atomic mass is 32.2. The number of benzene rings is 2. The number of carbonyl (C=O) groups is 1. The van der Waals surface area contributed by atoms with Crippen molar-refractivity contribution in [2.75, 3.05) is 12.9 Å². The van der Waals surface area contributed by atoms with E-state index in [9.17, 15) is 13.2 Å². The van der Waals surface area contributed by atoms with Crippen LogP contribution in [0.5, 0.6) is 5.75 Å². The van der Waals surface area contributed by atoms with Gasteiger partial charge in [-0.3, -0.25) is 4.79 Å². The predicted molar refractivity (Wildman–Crippen MR) is 107 cm³/mol. The van der Waals surface area contributed by atoms with Crippen LogP contribution in [-0.4, -0.2) is 27.2 Å². The van der Waals surface area contributed by atoms with Crippen molar-refractivity contribution in [1.29, 1.82) is 0 Å². The number of amides is 1. The third kappa shape index (κ3) is 5.82. The quantitative estimate of drug-likeness (QED) is 0.744. The summed E-state index contributed by atoms with van der Waals surface area (Å²) in [5.41, 5.74) is 1.92. The van der Waals surface area contributed by atoms with Gasteiger partial charge in [0.1, 0.15) is 5.75 Å². The molecule has 146 valence electrons. The van der Waals surface area contributed by atoms with E-state index in [4.69, 9.17) is 4.74 Å². The minimum Gasteiger partial charge on any atom is -0.483 e. The van der Waals surface area contributed by atoms with Crippen LogP contribution >= 0.6 is 0 Å². The molecule has 0 aromatic heterocycles. The van der Waals surface area contributed by atoms with Crippen LogP contribution in [0.25, 0.3) is 0 Å². The second kappa shape index (κ2) is 9.04. The lowest BCUT2D eigenvalue weighted by Crippen LogP contribution is -2.31. The largest absolute Gasteiger partial charge is 0.483 e. The van der Waals surface area contributed by atoms with Crippen molar-refractivity contribution in [2.24, 2.45) is 0 Å². The zero-order valence-electron chi connectivity index (χ0n) is 16.2. The van der Waals surface area contributed by atoms with Crippen molar-refractivity contribution in [3.8, 4) is 5.75 Å². The fourth-order valence-corrected chi connectivity index (χ4v) is 3.38. The molecule has 0 aliphatic carbocycles. The van der Waals surface area contributed by atoms with Gasteiger partial charge in [0.2, 0.25) is 0 Å². The molecule has 2 aromatic carbocycles. The monoisotopic (exact) mass is 389 g/mol. The summed E-state index contributed by atoms with van der Waals surface area (Å²) in [5, 5.41) is 2.87. The van der Waals surface area contributed by atoms with Gasteiger partial charge in [-0.2, -0.15) is 0 Å².